The number of carbonyl (C=O) groups excluding carboxylic acids is 1. The zero-order valence-corrected chi connectivity index (χ0v) is 17.9. The highest BCUT2D eigenvalue weighted by atomic mass is 16.6. The first-order valence-electron chi connectivity index (χ1n) is 12.1. The van der Waals surface area contributed by atoms with E-state index in [9.17, 15) is 4.79 Å². The van der Waals surface area contributed by atoms with Gasteiger partial charge in [-0.25, -0.2) is 4.79 Å². The molecule has 164 valence electrons. The maximum absolute atomic E-state index is 12.8. The SMILES string of the molecule is O=C(O[C@@H]1CCOC1)N1C2CCC1CC(N1CCC3(CCc4ccccc43)CC1)C2.[HH]. The number of aryl methyl sites for hydroxylation is 1. The quantitative estimate of drug-likeness (QED) is 0.732. The van der Waals surface area contributed by atoms with E-state index in [2.05, 4.69) is 34.1 Å². The van der Waals surface area contributed by atoms with Crippen molar-refractivity contribution < 1.29 is 15.7 Å². The molecule has 4 heterocycles. The Morgan fingerprint density at radius 1 is 1.03 bits per heavy atom. The molecule has 1 aliphatic carbocycles. The largest absolute Gasteiger partial charge is 0.444 e. The second-order valence-corrected chi connectivity index (χ2v) is 10.3. The Labute approximate surface area is 181 Å². The van der Waals surface area contributed by atoms with E-state index in [1.807, 2.05) is 0 Å². The number of likely N-dealkylation sites (tertiary alicyclic amines) is 1. The van der Waals surface area contributed by atoms with E-state index < -0.39 is 0 Å². The monoisotopic (exact) mass is 412 g/mol. The fraction of sp³-hybridized carbons (Fsp3) is 0.720. The minimum Gasteiger partial charge on any atom is -0.444 e. The van der Waals surface area contributed by atoms with Gasteiger partial charge in [0.2, 0.25) is 0 Å². The summed E-state index contributed by atoms with van der Waals surface area (Å²) in [7, 11) is 0. The predicted molar refractivity (Wildman–Crippen MR) is 117 cm³/mol. The molecule has 1 spiro atoms. The first kappa shape index (κ1) is 19.1. The number of hydrogen-bond donors (Lipinski definition) is 0. The van der Waals surface area contributed by atoms with E-state index in [4.69, 9.17) is 9.47 Å². The maximum Gasteiger partial charge on any atom is 0.410 e. The molecule has 0 N–H and O–H groups in total. The number of piperidine rings is 2. The number of rotatable bonds is 2. The van der Waals surface area contributed by atoms with Crippen molar-refractivity contribution >= 4 is 6.09 Å². The molecule has 5 aliphatic rings. The Morgan fingerprint density at radius 3 is 2.53 bits per heavy atom. The fourth-order valence-electron chi connectivity index (χ4n) is 7.15. The Kier molecular flexibility index (Phi) is 4.80. The summed E-state index contributed by atoms with van der Waals surface area (Å²) in [6.45, 7) is 3.70. The van der Waals surface area contributed by atoms with Crippen LogP contribution < -0.4 is 0 Å². The van der Waals surface area contributed by atoms with E-state index >= 15 is 0 Å². The van der Waals surface area contributed by atoms with Gasteiger partial charge in [0.15, 0.2) is 0 Å². The third-order valence-corrected chi connectivity index (χ3v) is 8.81. The van der Waals surface area contributed by atoms with Gasteiger partial charge in [0.1, 0.15) is 6.10 Å². The van der Waals surface area contributed by atoms with Crippen molar-refractivity contribution in [2.45, 2.75) is 87.4 Å². The average Bonchev–Trinajstić information content (AvgIpc) is 3.47. The number of benzene rings is 1. The first-order chi connectivity index (χ1) is 14.7. The Bertz CT molecular complexity index is 790. The van der Waals surface area contributed by atoms with E-state index in [0.29, 0.717) is 36.8 Å². The summed E-state index contributed by atoms with van der Waals surface area (Å²) < 4.78 is 11.1. The molecule has 1 amide bonds. The van der Waals surface area contributed by atoms with Crippen LogP contribution in [0, 0.1) is 0 Å². The minimum atomic E-state index is -0.0865. The van der Waals surface area contributed by atoms with Crippen LogP contribution in [-0.4, -0.2) is 66.4 Å². The fourth-order valence-corrected chi connectivity index (χ4v) is 7.15. The van der Waals surface area contributed by atoms with Crippen LogP contribution in [0.25, 0.3) is 0 Å². The summed E-state index contributed by atoms with van der Waals surface area (Å²) in [5, 5.41) is 0. The van der Waals surface area contributed by atoms with Crippen molar-refractivity contribution in [3.63, 3.8) is 0 Å². The van der Waals surface area contributed by atoms with Gasteiger partial charge in [-0.05, 0) is 81.0 Å². The third kappa shape index (κ3) is 3.16. The van der Waals surface area contributed by atoms with E-state index in [0.717, 1.165) is 32.1 Å². The number of amides is 1. The van der Waals surface area contributed by atoms with E-state index in [1.165, 1.54) is 38.8 Å². The minimum absolute atomic E-state index is 0. The normalized spacial score (nSPS) is 35.0. The number of carbonyl (C=O) groups is 1. The average molecular weight is 413 g/mol. The molecule has 0 saturated carbocycles. The lowest BCUT2D eigenvalue weighted by Gasteiger charge is -2.47. The van der Waals surface area contributed by atoms with Crippen LogP contribution in [0.15, 0.2) is 24.3 Å². The van der Waals surface area contributed by atoms with Gasteiger partial charge in [0.25, 0.3) is 0 Å². The Morgan fingerprint density at radius 2 is 1.80 bits per heavy atom. The third-order valence-electron chi connectivity index (χ3n) is 8.81. The van der Waals surface area contributed by atoms with Crippen molar-refractivity contribution in [1.29, 1.82) is 0 Å². The lowest BCUT2D eigenvalue weighted by molar-refractivity contribution is 0.00914. The number of hydrogen-bond acceptors (Lipinski definition) is 4. The van der Waals surface area contributed by atoms with Gasteiger partial charge in [-0.3, -0.25) is 0 Å². The smallest absolute Gasteiger partial charge is 0.410 e. The number of nitrogens with zero attached hydrogens (tertiary/aromatic N) is 2. The van der Waals surface area contributed by atoms with Gasteiger partial charge in [-0.15, -0.1) is 0 Å². The maximum atomic E-state index is 12.8. The van der Waals surface area contributed by atoms with Crippen LogP contribution in [0.3, 0.4) is 0 Å². The standard InChI is InChI=1S/C25H34N2O3.H2/c28-24(30-22-8-14-29-17-22)27-19-5-6-20(27)16-21(15-19)26-12-10-25(11-13-26)9-7-18-3-1-2-4-23(18)25;/h1-4,19-22H,5-17H2;1H/t19?,20?,21?,22-;/m1./s1. The van der Waals surface area contributed by atoms with Crippen molar-refractivity contribution in [2.24, 2.45) is 0 Å². The summed E-state index contributed by atoms with van der Waals surface area (Å²) >= 11 is 0. The molecule has 5 nitrogen and oxygen atoms in total. The van der Waals surface area contributed by atoms with Crippen LogP contribution in [0.2, 0.25) is 0 Å². The molecule has 4 aliphatic heterocycles. The molecule has 2 bridgehead atoms. The molecule has 6 rings (SSSR count). The summed E-state index contributed by atoms with van der Waals surface area (Å²) in [6.07, 6.45) is 10.4. The molecule has 2 unspecified atom stereocenters. The van der Waals surface area contributed by atoms with Crippen LogP contribution in [0.4, 0.5) is 4.79 Å². The number of fused-ring (bicyclic) bond motifs is 4. The molecule has 4 saturated heterocycles. The van der Waals surface area contributed by atoms with Crippen molar-refractivity contribution in [1.82, 2.24) is 9.80 Å². The first-order valence-corrected chi connectivity index (χ1v) is 12.1. The second kappa shape index (κ2) is 7.52. The molecule has 5 heteroatoms. The van der Waals surface area contributed by atoms with Gasteiger partial charge in [0.05, 0.1) is 13.2 Å². The number of ether oxygens (including phenoxy) is 2. The van der Waals surface area contributed by atoms with Crippen molar-refractivity contribution in [2.75, 3.05) is 26.3 Å². The van der Waals surface area contributed by atoms with Crippen molar-refractivity contribution in [3.8, 4) is 0 Å². The predicted octanol–water partition coefficient (Wildman–Crippen LogP) is 4.13. The summed E-state index contributed by atoms with van der Waals surface area (Å²) in [5.41, 5.74) is 3.65. The lowest BCUT2D eigenvalue weighted by atomic mass is 9.73. The molecule has 0 aromatic heterocycles. The van der Waals surface area contributed by atoms with Gasteiger partial charge in [0, 0.05) is 26.0 Å². The van der Waals surface area contributed by atoms with Crippen LogP contribution >= 0.6 is 0 Å². The van der Waals surface area contributed by atoms with Crippen LogP contribution in [-0.2, 0) is 21.3 Å². The van der Waals surface area contributed by atoms with Crippen LogP contribution in [0.1, 0.15) is 63.9 Å². The van der Waals surface area contributed by atoms with E-state index in [-0.39, 0.29) is 13.6 Å². The zero-order valence-electron chi connectivity index (χ0n) is 17.9. The molecule has 1 aromatic carbocycles. The highest BCUT2D eigenvalue weighted by molar-refractivity contribution is 5.69. The van der Waals surface area contributed by atoms with Crippen LogP contribution in [0.5, 0.6) is 0 Å². The highest BCUT2D eigenvalue weighted by Gasteiger charge is 2.48. The summed E-state index contributed by atoms with van der Waals surface area (Å²) in [6, 6.07) is 10.5. The molecule has 30 heavy (non-hydrogen) atoms. The zero-order chi connectivity index (χ0) is 20.1. The molecule has 3 atom stereocenters. The summed E-state index contributed by atoms with van der Waals surface area (Å²) in [5.74, 6) is 0. The van der Waals surface area contributed by atoms with Gasteiger partial charge >= 0.3 is 6.09 Å². The molecular formula is C25H36N2O3. The molecule has 4 fully saturated rings. The van der Waals surface area contributed by atoms with Crippen molar-refractivity contribution in [3.05, 3.63) is 35.4 Å². The molecular weight excluding hydrogens is 376 g/mol. The lowest BCUT2D eigenvalue weighted by Crippen LogP contribution is -2.55. The Balaban J connectivity index is 0.00000204. The summed E-state index contributed by atoms with van der Waals surface area (Å²) in [4.78, 5) is 17.7. The van der Waals surface area contributed by atoms with Gasteiger partial charge in [-0.1, -0.05) is 24.3 Å². The van der Waals surface area contributed by atoms with Gasteiger partial charge < -0.3 is 19.3 Å². The molecule has 0 radical (unpaired) electrons. The Hall–Kier alpha value is -1.59. The highest BCUT2D eigenvalue weighted by Crippen LogP contribution is 2.47. The van der Waals surface area contributed by atoms with Gasteiger partial charge in [-0.2, -0.15) is 0 Å². The topological polar surface area (TPSA) is 42.0 Å². The van der Waals surface area contributed by atoms with E-state index in [1.54, 1.807) is 11.1 Å². The second-order valence-electron chi connectivity index (χ2n) is 10.3. The molecule has 1 aromatic rings.